The van der Waals surface area contributed by atoms with Gasteiger partial charge in [-0.15, -0.1) is 0 Å². The van der Waals surface area contributed by atoms with Gasteiger partial charge >= 0.3 is 0 Å². The van der Waals surface area contributed by atoms with Gasteiger partial charge in [0.05, 0.1) is 11.7 Å². The Morgan fingerprint density at radius 3 is 2.40 bits per heavy atom. The lowest BCUT2D eigenvalue weighted by Crippen LogP contribution is -2.21. The molecule has 0 aliphatic carbocycles. The number of nitrogens with one attached hydrogen (secondary N) is 1. The molecule has 3 N–H and O–H groups in total. The van der Waals surface area contributed by atoms with Gasteiger partial charge in [-0.1, -0.05) is 26.0 Å². The van der Waals surface area contributed by atoms with E-state index in [0.29, 0.717) is 17.2 Å². The first-order valence-electron chi connectivity index (χ1n) is 5.12. The van der Waals surface area contributed by atoms with Crippen LogP contribution in [0.25, 0.3) is 0 Å². The molecule has 3 heteroatoms. The maximum absolute atomic E-state index is 7.43. The van der Waals surface area contributed by atoms with E-state index in [1.165, 1.54) is 0 Å². The van der Waals surface area contributed by atoms with Crippen LogP contribution >= 0.6 is 0 Å². The molecule has 82 valence electrons. The lowest BCUT2D eigenvalue weighted by atomic mass is 10.1. The summed E-state index contributed by atoms with van der Waals surface area (Å²) in [6, 6.07) is 7.37. The molecule has 0 spiro atoms. The first-order chi connectivity index (χ1) is 7.02. The number of ether oxygens (including phenoxy) is 1. The molecule has 1 aromatic rings. The van der Waals surface area contributed by atoms with Crippen LogP contribution in [0.4, 0.5) is 0 Å². The predicted octanol–water partition coefficient (Wildman–Crippen LogP) is 2.39. The van der Waals surface area contributed by atoms with E-state index >= 15 is 0 Å². The van der Waals surface area contributed by atoms with Crippen LogP contribution in [0, 0.1) is 11.3 Å². The van der Waals surface area contributed by atoms with Crippen molar-refractivity contribution in [1.29, 1.82) is 5.41 Å². The average Bonchev–Trinajstić information content (AvgIpc) is 2.18. The van der Waals surface area contributed by atoms with Gasteiger partial charge in [0.15, 0.2) is 0 Å². The molecule has 0 aromatic heterocycles. The lowest BCUT2D eigenvalue weighted by molar-refractivity contribution is 0.170. The largest absolute Gasteiger partial charge is 0.490 e. The summed E-state index contributed by atoms with van der Waals surface area (Å²) in [5.41, 5.74) is 6.13. The van der Waals surface area contributed by atoms with Crippen LogP contribution in [0.2, 0.25) is 0 Å². The third-order valence-corrected chi connectivity index (χ3v) is 2.43. The summed E-state index contributed by atoms with van der Waals surface area (Å²) in [7, 11) is 0. The maximum Gasteiger partial charge on any atom is 0.130 e. The molecule has 1 atom stereocenters. The van der Waals surface area contributed by atoms with Gasteiger partial charge in [0.25, 0.3) is 0 Å². The quantitative estimate of drug-likeness (QED) is 0.587. The standard InChI is InChI=1S/C12H18N2O/c1-8(2)9(3)15-11-7-5-4-6-10(11)12(13)14/h4-9H,1-3H3,(H3,13,14). The van der Waals surface area contributed by atoms with Crippen molar-refractivity contribution < 1.29 is 4.74 Å². The molecule has 0 saturated carbocycles. The van der Waals surface area contributed by atoms with Gasteiger partial charge in [0.2, 0.25) is 0 Å². The normalized spacial score (nSPS) is 12.5. The first kappa shape index (κ1) is 11.6. The fourth-order valence-electron chi connectivity index (χ4n) is 1.13. The molecule has 0 bridgehead atoms. The highest BCUT2D eigenvalue weighted by Gasteiger charge is 2.12. The Kier molecular flexibility index (Phi) is 3.72. The Labute approximate surface area is 90.8 Å². The minimum absolute atomic E-state index is 0.0431. The van der Waals surface area contributed by atoms with Crippen LogP contribution in [-0.4, -0.2) is 11.9 Å². The third kappa shape index (κ3) is 2.98. The molecule has 0 heterocycles. The van der Waals surface area contributed by atoms with Gasteiger partial charge < -0.3 is 10.5 Å². The van der Waals surface area contributed by atoms with E-state index in [2.05, 4.69) is 13.8 Å². The fraction of sp³-hybridized carbons (Fsp3) is 0.417. The van der Waals surface area contributed by atoms with Crippen molar-refractivity contribution in [2.24, 2.45) is 11.7 Å². The second-order valence-corrected chi connectivity index (χ2v) is 3.98. The van der Waals surface area contributed by atoms with E-state index in [9.17, 15) is 0 Å². The van der Waals surface area contributed by atoms with E-state index < -0.39 is 0 Å². The third-order valence-electron chi connectivity index (χ3n) is 2.43. The number of rotatable bonds is 4. The van der Waals surface area contributed by atoms with Gasteiger partial charge in [-0.05, 0) is 25.0 Å². The van der Waals surface area contributed by atoms with Gasteiger partial charge in [-0.3, -0.25) is 5.41 Å². The average molecular weight is 206 g/mol. The van der Waals surface area contributed by atoms with E-state index in [-0.39, 0.29) is 11.9 Å². The molecule has 0 radical (unpaired) electrons. The molecular weight excluding hydrogens is 188 g/mol. The van der Waals surface area contributed by atoms with Crippen LogP contribution in [0.5, 0.6) is 5.75 Å². The summed E-state index contributed by atoms with van der Waals surface area (Å²) in [5, 5.41) is 7.43. The fourth-order valence-corrected chi connectivity index (χ4v) is 1.13. The minimum atomic E-state index is 0.0431. The highest BCUT2D eigenvalue weighted by molar-refractivity contribution is 5.97. The molecule has 1 rings (SSSR count). The number of nitrogens with two attached hydrogens (primary N) is 1. The summed E-state index contributed by atoms with van der Waals surface area (Å²) in [6.45, 7) is 6.21. The number of hydrogen-bond donors (Lipinski definition) is 2. The van der Waals surface area contributed by atoms with E-state index in [1.54, 1.807) is 6.07 Å². The number of amidine groups is 1. The first-order valence-corrected chi connectivity index (χ1v) is 5.12. The monoisotopic (exact) mass is 206 g/mol. The van der Waals surface area contributed by atoms with Gasteiger partial charge in [0, 0.05) is 0 Å². The molecule has 0 aliphatic heterocycles. The van der Waals surface area contributed by atoms with E-state index in [1.807, 2.05) is 25.1 Å². The molecule has 0 aliphatic rings. The zero-order valence-corrected chi connectivity index (χ0v) is 9.45. The predicted molar refractivity (Wildman–Crippen MR) is 62.4 cm³/mol. The number of benzene rings is 1. The van der Waals surface area contributed by atoms with Gasteiger partial charge in [-0.25, -0.2) is 0 Å². The number of nitrogen functional groups attached to an aromatic ring is 1. The summed E-state index contributed by atoms with van der Waals surface area (Å²) in [6.07, 6.45) is 0.116. The summed E-state index contributed by atoms with van der Waals surface area (Å²) >= 11 is 0. The SMILES string of the molecule is CC(C)C(C)Oc1ccccc1C(=N)N. The Morgan fingerprint density at radius 2 is 1.87 bits per heavy atom. The minimum Gasteiger partial charge on any atom is -0.490 e. The van der Waals surface area contributed by atoms with E-state index in [4.69, 9.17) is 15.9 Å². The smallest absolute Gasteiger partial charge is 0.130 e. The second-order valence-electron chi connectivity index (χ2n) is 3.98. The molecule has 15 heavy (non-hydrogen) atoms. The number of para-hydroxylation sites is 1. The van der Waals surface area contributed by atoms with Crippen LogP contribution in [0.15, 0.2) is 24.3 Å². The topological polar surface area (TPSA) is 59.1 Å². The number of hydrogen-bond acceptors (Lipinski definition) is 2. The molecule has 1 unspecified atom stereocenters. The summed E-state index contributed by atoms with van der Waals surface area (Å²) < 4.78 is 5.75. The van der Waals surface area contributed by atoms with Crippen molar-refractivity contribution in [1.82, 2.24) is 0 Å². The summed E-state index contributed by atoms with van der Waals surface area (Å²) in [5.74, 6) is 1.16. The lowest BCUT2D eigenvalue weighted by Gasteiger charge is -2.19. The van der Waals surface area contributed by atoms with Gasteiger partial charge in [0.1, 0.15) is 11.6 Å². The second kappa shape index (κ2) is 4.82. The Balaban J connectivity index is 2.89. The maximum atomic E-state index is 7.43. The van der Waals surface area contributed by atoms with E-state index in [0.717, 1.165) is 0 Å². The van der Waals surface area contributed by atoms with Crippen molar-refractivity contribution in [3.05, 3.63) is 29.8 Å². The van der Waals surface area contributed by atoms with Crippen LogP contribution < -0.4 is 10.5 Å². The van der Waals surface area contributed by atoms with Crippen molar-refractivity contribution in [3.63, 3.8) is 0 Å². The molecule has 0 saturated heterocycles. The molecule has 1 aromatic carbocycles. The highest BCUT2D eigenvalue weighted by Crippen LogP contribution is 2.20. The molecule has 3 nitrogen and oxygen atoms in total. The Hall–Kier alpha value is -1.51. The molecule has 0 fully saturated rings. The van der Waals surface area contributed by atoms with Crippen molar-refractivity contribution in [2.45, 2.75) is 26.9 Å². The van der Waals surface area contributed by atoms with Crippen molar-refractivity contribution in [3.8, 4) is 5.75 Å². The van der Waals surface area contributed by atoms with Crippen LogP contribution in [-0.2, 0) is 0 Å². The highest BCUT2D eigenvalue weighted by atomic mass is 16.5. The Bertz CT molecular complexity index is 347. The summed E-state index contributed by atoms with van der Waals surface area (Å²) in [4.78, 5) is 0. The molecular formula is C12H18N2O. The Morgan fingerprint density at radius 1 is 1.27 bits per heavy atom. The van der Waals surface area contributed by atoms with Crippen molar-refractivity contribution in [2.75, 3.05) is 0 Å². The zero-order valence-electron chi connectivity index (χ0n) is 9.45. The van der Waals surface area contributed by atoms with Crippen LogP contribution in [0.1, 0.15) is 26.3 Å². The van der Waals surface area contributed by atoms with Crippen molar-refractivity contribution >= 4 is 5.84 Å². The zero-order chi connectivity index (χ0) is 11.4. The van der Waals surface area contributed by atoms with Gasteiger partial charge in [-0.2, -0.15) is 0 Å². The molecule has 0 amide bonds. The van der Waals surface area contributed by atoms with Crippen LogP contribution in [0.3, 0.4) is 0 Å².